The van der Waals surface area contributed by atoms with Gasteiger partial charge in [0.25, 0.3) is 5.91 Å². The van der Waals surface area contributed by atoms with Crippen molar-refractivity contribution >= 4 is 18.0 Å². The van der Waals surface area contributed by atoms with Crippen LogP contribution in [-0.4, -0.2) is 48.3 Å². The molecule has 2 amide bonds. The molecule has 6 heteroatoms. The number of nitrogens with one attached hydrogen (secondary N) is 1. The minimum atomic E-state index is -0.424. The first-order valence-electron chi connectivity index (χ1n) is 8.00. The van der Waals surface area contributed by atoms with Gasteiger partial charge in [-0.05, 0) is 23.6 Å². The summed E-state index contributed by atoms with van der Waals surface area (Å²) in [5.41, 5.74) is 1.91. The van der Waals surface area contributed by atoms with Crippen LogP contribution >= 0.6 is 0 Å². The Bertz CT molecular complexity index is 651. The second-order valence-corrected chi connectivity index (χ2v) is 6.06. The zero-order chi connectivity index (χ0) is 17.5. The predicted molar refractivity (Wildman–Crippen MR) is 92.1 cm³/mol. The fourth-order valence-electron chi connectivity index (χ4n) is 2.44. The van der Waals surface area contributed by atoms with E-state index in [0.717, 1.165) is 6.41 Å². The smallest absolute Gasteiger partial charge is 0.267 e. The summed E-state index contributed by atoms with van der Waals surface area (Å²) in [7, 11) is 0. The van der Waals surface area contributed by atoms with Gasteiger partial charge in [-0.1, -0.05) is 26.0 Å². The highest BCUT2D eigenvalue weighted by Gasteiger charge is 2.16. The summed E-state index contributed by atoms with van der Waals surface area (Å²) in [6.07, 6.45) is 2.39. The minimum absolute atomic E-state index is 0.0579. The summed E-state index contributed by atoms with van der Waals surface area (Å²) < 4.78 is 0. The minimum Gasteiger partial charge on any atom is -0.373 e. The maximum Gasteiger partial charge on any atom is 0.267 e. The maximum absolute atomic E-state index is 12.3. The molecule has 0 radical (unpaired) electrons. The molecule has 1 fully saturated rings. The summed E-state index contributed by atoms with van der Waals surface area (Å²) in [5, 5.41) is 12.0. The zero-order valence-electron chi connectivity index (χ0n) is 14.0. The number of carbonyl (C=O) groups excluding carboxylic acids is 2. The number of anilines is 1. The van der Waals surface area contributed by atoms with Crippen molar-refractivity contribution in [3.05, 3.63) is 41.6 Å². The van der Waals surface area contributed by atoms with Crippen LogP contribution in [0.15, 0.2) is 36.0 Å². The molecule has 1 saturated heterocycles. The van der Waals surface area contributed by atoms with Gasteiger partial charge >= 0.3 is 0 Å². The van der Waals surface area contributed by atoms with E-state index in [-0.39, 0.29) is 5.57 Å². The standard InChI is InChI=1S/C18H22N4O2/c1-14(2)15-3-5-17(6-4-15)20-18(24)16(11-19)12-21-7-9-22(13-23)10-8-21/h3-6,12-14H,7-10H2,1-2H3,(H,20,24)/b16-12-. The molecule has 1 aromatic rings. The largest absolute Gasteiger partial charge is 0.373 e. The lowest BCUT2D eigenvalue weighted by Crippen LogP contribution is -2.43. The normalized spacial score (nSPS) is 15.2. The topological polar surface area (TPSA) is 76.4 Å². The number of hydrogen-bond acceptors (Lipinski definition) is 4. The molecular weight excluding hydrogens is 304 g/mol. The third-order valence-electron chi connectivity index (χ3n) is 4.01. The lowest BCUT2D eigenvalue weighted by atomic mass is 10.0. The molecule has 0 aromatic heterocycles. The Kier molecular flexibility index (Phi) is 5.96. The quantitative estimate of drug-likeness (QED) is 0.509. The van der Waals surface area contributed by atoms with E-state index < -0.39 is 5.91 Å². The van der Waals surface area contributed by atoms with Crippen LogP contribution in [0.2, 0.25) is 0 Å². The van der Waals surface area contributed by atoms with Gasteiger partial charge in [0.15, 0.2) is 0 Å². The first kappa shape index (κ1) is 17.5. The Hall–Kier alpha value is -2.81. The van der Waals surface area contributed by atoms with Crippen molar-refractivity contribution in [2.24, 2.45) is 0 Å². The molecule has 0 atom stereocenters. The molecule has 1 heterocycles. The van der Waals surface area contributed by atoms with Crippen molar-refractivity contribution in [1.29, 1.82) is 5.26 Å². The number of hydrogen-bond donors (Lipinski definition) is 1. The summed E-state index contributed by atoms with van der Waals surface area (Å²) in [6, 6.07) is 9.56. The van der Waals surface area contributed by atoms with E-state index in [1.54, 1.807) is 11.1 Å². The molecule has 1 aromatic carbocycles. The van der Waals surface area contributed by atoms with Crippen molar-refractivity contribution in [1.82, 2.24) is 9.80 Å². The van der Waals surface area contributed by atoms with E-state index in [0.29, 0.717) is 37.8 Å². The number of nitriles is 1. The second-order valence-electron chi connectivity index (χ2n) is 6.06. The van der Waals surface area contributed by atoms with Gasteiger partial charge in [-0.3, -0.25) is 9.59 Å². The van der Waals surface area contributed by atoms with Gasteiger partial charge in [0.05, 0.1) is 0 Å². The molecule has 1 N–H and O–H groups in total. The Morgan fingerprint density at radius 1 is 1.17 bits per heavy atom. The van der Waals surface area contributed by atoms with Gasteiger partial charge in [-0.25, -0.2) is 0 Å². The van der Waals surface area contributed by atoms with Gasteiger partial charge in [-0.2, -0.15) is 5.26 Å². The Balaban J connectivity index is 2.00. The fraction of sp³-hybridized carbons (Fsp3) is 0.389. The second kappa shape index (κ2) is 8.16. The number of carbonyl (C=O) groups is 2. The van der Waals surface area contributed by atoms with Crippen LogP contribution in [0, 0.1) is 11.3 Å². The van der Waals surface area contributed by atoms with Crippen LogP contribution in [0.3, 0.4) is 0 Å². The van der Waals surface area contributed by atoms with Gasteiger partial charge in [0, 0.05) is 38.1 Å². The van der Waals surface area contributed by atoms with Crippen LogP contribution in [0.25, 0.3) is 0 Å². The lowest BCUT2D eigenvalue weighted by molar-refractivity contribution is -0.119. The van der Waals surface area contributed by atoms with Crippen LogP contribution < -0.4 is 5.32 Å². The van der Waals surface area contributed by atoms with Crippen LogP contribution in [0.4, 0.5) is 5.69 Å². The molecule has 0 bridgehead atoms. The van der Waals surface area contributed by atoms with Crippen LogP contribution in [-0.2, 0) is 9.59 Å². The van der Waals surface area contributed by atoms with Crippen LogP contribution in [0.1, 0.15) is 25.3 Å². The highest BCUT2D eigenvalue weighted by molar-refractivity contribution is 6.06. The van der Waals surface area contributed by atoms with Gasteiger partial charge in [0.1, 0.15) is 11.6 Å². The first-order valence-corrected chi connectivity index (χ1v) is 8.00. The zero-order valence-corrected chi connectivity index (χ0v) is 14.0. The molecular formula is C18H22N4O2. The third-order valence-corrected chi connectivity index (χ3v) is 4.01. The number of rotatable bonds is 5. The summed E-state index contributed by atoms with van der Waals surface area (Å²) in [5.74, 6) is 0.00182. The predicted octanol–water partition coefficient (Wildman–Crippen LogP) is 1.93. The van der Waals surface area contributed by atoms with Gasteiger partial charge < -0.3 is 15.1 Å². The maximum atomic E-state index is 12.3. The number of amides is 2. The molecule has 2 rings (SSSR count). The Morgan fingerprint density at radius 3 is 2.25 bits per heavy atom. The Labute approximate surface area is 142 Å². The van der Waals surface area contributed by atoms with E-state index in [4.69, 9.17) is 0 Å². The average Bonchev–Trinajstić information content (AvgIpc) is 2.60. The van der Waals surface area contributed by atoms with Gasteiger partial charge in [0.2, 0.25) is 6.41 Å². The molecule has 126 valence electrons. The number of benzene rings is 1. The highest BCUT2D eigenvalue weighted by Crippen LogP contribution is 2.17. The molecule has 0 spiro atoms. The van der Waals surface area contributed by atoms with Gasteiger partial charge in [-0.15, -0.1) is 0 Å². The van der Waals surface area contributed by atoms with Crippen LogP contribution in [0.5, 0.6) is 0 Å². The average molecular weight is 326 g/mol. The lowest BCUT2D eigenvalue weighted by Gasteiger charge is -2.31. The molecule has 1 aliphatic rings. The van der Waals surface area contributed by atoms with E-state index in [1.807, 2.05) is 35.2 Å². The molecule has 6 nitrogen and oxygen atoms in total. The highest BCUT2D eigenvalue weighted by atomic mass is 16.1. The van der Waals surface area contributed by atoms with E-state index in [2.05, 4.69) is 19.2 Å². The van der Waals surface area contributed by atoms with Crippen molar-refractivity contribution in [3.8, 4) is 6.07 Å². The SMILES string of the molecule is CC(C)c1ccc(NC(=O)/C(C#N)=C\N2CCN(C=O)CC2)cc1. The summed E-state index contributed by atoms with van der Waals surface area (Å²) >= 11 is 0. The summed E-state index contributed by atoms with van der Waals surface area (Å²) in [6.45, 7) is 6.62. The molecule has 0 aliphatic carbocycles. The van der Waals surface area contributed by atoms with Crippen molar-refractivity contribution in [3.63, 3.8) is 0 Å². The monoisotopic (exact) mass is 326 g/mol. The van der Waals surface area contributed by atoms with E-state index >= 15 is 0 Å². The molecule has 0 saturated carbocycles. The first-order chi connectivity index (χ1) is 11.5. The molecule has 1 aliphatic heterocycles. The van der Waals surface area contributed by atoms with Crippen molar-refractivity contribution in [2.75, 3.05) is 31.5 Å². The fourth-order valence-corrected chi connectivity index (χ4v) is 2.44. The van der Waals surface area contributed by atoms with Crippen molar-refractivity contribution < 1.29 is 9.59 Å². The molecule has 0 unspecified atom stereocenters. The van der Waals surface area contributed by atoms with E-state index in [9.17, 15) is 14.9 Å². The van der Waals surface area contributed by atoms with Crippen molar-refractivity contribution in [2.45, 2.75) is 19.8 Å². The third kappa shape index (κ3) is 4.59. The summed E-state index contributed by atoms with van der Waals surface area (Å²) in [4.78, 5) is 26.5. The number of piperazine rings is 1. The number of nitrogens with zero attached hydrogens (tertiary/aromatic N) is 3. The van der Waals surface area contributed by atoms with E-state index in [1.165, 1.54) is 5.56 Å². The molecule has 24 heavy (non-hydrogen) atoms. The Morgan fingerprint density at radius 2 is 1.75 bits per heavy atom.